The number of carbonyl (C=O) groups excluding carboxylic acids is 4. The van der Waals surface area contributed by atoms with Gasteiger partial charge in [0.2, 0.25) is 6.29 Å². The van der Waals surface area contributed by atoms with E-state index in [-0.39, 0.29) is 78.8 Å². The van der Waals surface area contributed by atoms with Crippen LogP contribution >= 0.6 is 0 Å². The zero-order valence-corrected chi connectivity index (χ0v) is 82.9. The number of aryl methyl sites for hydroxylation is 4. The summed E-state index contributed by atoms with van der Waals surface area (Å²) < 4.78 is 48.6. The molecule has 3 N–H and O–H groups in total. The third-order valence-electron chi connectivity index (χ3n) is 28.0. The Labute approximate surface area is 798 Å². The first-order valence-corrected chi connectivity index (χ1v) is 48.7. The lowest BCUT2D eigenvalue weighted by atomic mass is 9.68. The smallest absolute Gasteiger partial charge is 0.343 e. The molecule has 9 aromatic rings. The Morgan fingerprint density at radius 3 is 1.25 bits per heavy atom. The summed E-state index contributed by atoms with van der Waals surface area (Å²) in [7, 11) is 3.39. The summed E-state index contributed by atoms with van der Waals surface area (Å²) in [4.78, 5) is 53.0. The van der Waals surface area contributed by atoms with Crippen molar-refractivity contribution >= 4 is 29.6 Å². The number of aliphatic hydroxyl groups is 2. The number of esters is 4. The first kappa shape index (κ1) is 103. The van der Waals surface area contributed by atoms with Crippen LogP contribution in [0.3, 0.4) is 0 Å². The maximum Gasteiger partial charge on any atom is 0.343 e. The van der Waals surface area contributed by atoms with Crippen LogP contribution in [-0.2, 0) is 9.47 Å². The van der Waals surface area contributed by atoms with Crippen molar-refractivity contribution in [2.24, 2.45) is 23.7 Å². The van der Waals surface area contributed by atoms with Gasteiger partial charge in [-0.3, -0.25) is 0 Å². The second kappa shape index (κ2) is 49.1. The summed E-state index contributed by atoms with van der Waals surface area (Å²) >= 11 is 0. The van der Waals surface area contributed by atoms with Gasteiger partial charge in [0.15, 0.2) is 23.0 Å². The number of hydrogen-bond donors (Lipinski definition) is 3. The quantitative estimate of drug-likeness (QED) is 0.0160. The van der Waals surface area contributed by atoms with Crippen LogP contribution < -0.4 is 28.4 Å². The molecular formula is C119H146O15. The molecule has 0 aromatic heterocycles. The molecule has 0 fully saturated rings. The van der Waals surface area contributed by atoms with Crippen LogP contribution in [0.15, 0.2) is 229 Å². The first-order valence-electron chi connectivity index (χ1n) is 48.7. The molecule has 14 rings (SSSR count). The Bertz CT molecular complexity index is 5590. The number of ether oxygens (including phenoxy) is 8. The summed E-state index contributed by atoms with van der Waals surface area (Å²) in [5, 5.41) is 30.7. The summed E-state index contributed by atoms with van der Waals surface area (Å²) in [5.41, 5.74) is 22.6. The molecule has 15 heteroatoms. The average Bonchev–Trinajstić information content (AvgIpc) is 0.727. The Kier molecular flexibility index (Phi) is 37.7. The zero-order valence-electron chi connectivity index (χ0n) is 82.9. The van der Waals surface area contributed by atoms with Gasteiger partial charge in [-0.2, -0.15) is 0 Å². The predicted molar refractivity (Wildman–Crippen MR) is 540 cm³/mol. The molecule has 15 nitrogen and oxygen atoms in total. The first-order chi connectivity index (χ1) is 64.4. The lowest BCUT2D eigenvalue weighted by molar-refractivity contribution is -0.101. The van der Waals surface area contributed by atoms with Crippen molar-refractivity contribution in [3.05, 3.63) is 329 Å². The van der Waals surface area contributed by atoms with E-state index in [1.165, 1.54) is 74.1 Å². The minimum atomic E-state index is -0.647. The van der Waals surface area contributed by atoms with Gasteiger partial charge in [0, 0.05) is 58.4 Å². The van der Waals surface area contributed by atoms with E-state index in [0.717, 1.165) is 141 Å². The Morgan fingerprint density at radius 2 is 0.791 bits per heavy atom. The van der Waals surface area contributed by atoms with Gasteiger partial charge in [0.05, 0.1) is 43.1 Å². The summed E-state index contributed by atoms with van der Waals surface area (Å²) in [6.45, 7) is 40.9. The number of methoxy groups -OCH3 is 2. The maximum absolute atomic E-state index is 13.5. The van der Waals surface area contributed by atoms with Gasteiger partial charge in [0.1, 0.15) is 23.0 Å². The van der Waals surface area contributed by atoms with E-state index < -0.39 is 18.2 Å². The SMILES string of the molecule is C=C(Oc1cc(C)c2c3c1[C@H](C)CC[C@H]3[C@H](CCC=C(C)C)C(OC(=O)c1ccccc1)O2)c1ccccc1.CC(C)=CCC[C@H](COC(=O)c1ccccc1)[C@@H]1CC[C@@H](C)c2c1cc(C)c(OC(=O)c1ccccc1)c2OC(=O)c1ccccc1.COc1c(C)c(C)cc2c1[C@H](C)CC[C@H]2[C@@H](CO)CCC=C(C)C.COc1c(C)cc2c(c1O)[C@H](C)CC[C@H]2[C@@H](CO)CCC=C(C)C. The molecule has 9 aromatic carbocycles. The number of phenolic OH excluding ortho intramolecular Hbond substituents is 1. The molecule has 5 aliphatic rings. The molecule has 0 saturated heterocycles. The van der Waals surface area contributed by atoms with Crippen molar-refractivity contribution < 1.29 is 72.4 Å². The minimum absolute atomic E-state index is 0.0132. The third-order valence-corrected chi connectivity index (χ3v) is 28.0. The van der Waals surface area contributed by atoms with Crippen molar-refractivity contribution in [3.63, 3.8) is 0 Å². The number of rotatable bonds is 31. The monoisotopic (exact) mass is 1820 g/mol. The van der Waals surface area contributed by atoms with E-state index >= 15 is 0 Å². The predicted octanol–water partition coefficient (Wildman–Crippen LogP) is 29.3. The molecule has 1 heterocycles. The van der Waals surface area contributed by atoms with Crippen LogP contribution in [0.4, 0.5) is 0 Å². The van der Waals surface area contributed by atoms with E-state index in [2.05, 4.69) is 152 Å². The van der Waals surface area contributed by atoms with Crippen molar-refractivity contribution in [1.29, 1.82) is 0 Å². The van der Waals surface area contributed by atoms with Gasteiger partial charge in [-0.25, -0.2) is 19.2 Å². The minimum Gasteiger partial charge on any atom is -0.504 e. The fourth-order valence-electron chi connectivity index (χ4n) is 20.8. The van der Waals surface area contributed by atoms with Gasteiger partial charge in [-0.05, 0) is 351 Å². The fraction of sp³-hybridized carbons (Fsp3) is 0.429. The van der Waals surface area contributed by atoms with Gasteiger partial charge < -0.3 is 53.2 Å². The summed E-state index contributed by atoms with van der Waals surface area (Å²) in [6.07, 6.45) is 24.1. The molecule has 1 aliphatic heterocycles. The second-order valence-corrected chi connectivity index (χ2v) is 38.8. The summed E-state index contributed by atoms with van der Waals surface area (Å²) in [5.74, 6) is 5.86. The zero-order chi connectivity index (χ0) is 96.6. The largest absolute Gasteiger partial charge is 0.504 e. The van der Waals surface area contributed by atoms with Crippen LogP contribution in [0.2, 0.25) is 0 Å². The lowest BCUT2D eigenvalue weighted by Crippen LogP contribution is -2.41. The Balaban J connectivity index is 0.000000179. The highest BCUT2D eigenvalue weighted by Crippen LogP contribution is 2.58. The van der Waals surface area contributed by atoms with Gasteiger partial charge >= 0.3 is 23.9 Å². The number of carbonyl (C=O) groups is 4. The molecule has 0 amide bonds. The fourth-order valence-corrected chi connectivity index (χ4v) is 20.8. The van der Waals surface area contributed by atoms with Crippen LogP contribution in [0, 0.1) is 58.3 Å². The molecule has 1 unspecified atom stereocenters. The molecule has 0 spiro atoms. The van der Waals surface area contributed by atoms with Gasteiger partial charge in [-0.1, -0.05) is 202 Å². The van der Waals surface area contributed by atoms with Crippen molar-refractivity contribution in [1.82, 2.24) is 0 Å². The van der Waals surface area contributed by atoms with E-state index in [4.69, 9.17) is 37.9 Å². The standard InChI is InChI=1S/C41H42O6.C35H38O4.C22H34O2.C21H32O3/c1-27(2)15-14-22-33(26-45-39(42)30-16-8-5-9-17-30)34-24-23-28(3)36-35(34)25-29(4)37(46-40(43)31-18-10-6-11-19-31)38(36)47-41(44)32-20-12-7-13-21-32;1-22(2)13-12-18-29-28-20-19-23(3)31-30(37-25(5)26-14-8-6-9-15-26)21-24(4)33(32(28)31)38-35(29)39-34(36)27-16-10-7-11-17-27;1-14(2)8-7-9-18(13-23)19-11-10-15(3)21-20(19)12-16(4)17(5)22(21)24-6;1-13(2)7-6-8-16(12-22)17-10-9-14(3)19-18(17)11-15(4)21(24-5)20(19)23/h5-13,15-21,25,28,33-34H,14,22-24,26H2,1-4H3;6-11,13-17,21,23,28-29,35H,5,12,18-20H2,1-4H3;8,12,15,18-19,23H,7,9-11,13H2,1-6H3;7,11,14,16-17,22-23H,6,8-10,12H2,1-5H3/t28-,33-,34+;23-,28+,29+,35?;15-,18-,19+;14-,16-,17+/m1111/s1. The number of phenols is 1. The van der Waals surface area contributed by atoms with Crippen LogP contribution in [0.1, 0.15) is 352 Å². The van der Waals surface area contributed by atoms with Crippen LogP contribution in [0.5, 0.6) is 40.2 Å². The number of aromatic hydroxyl groups is 1. The molecule has 0 radical (unpaired) electrons. The Morgan fingerprint density at radius 1 is 0.410 bits per heavy atom. The molecule has 0 bridgehead atoms. The van der Waals surface area contributed by atoms with Gasteiger partial charge in [0.25, 0.3) is 0 Å². The van der Waals surface area contributed by atoms with E-state index in [0.29, 0.717) is 80.6 Å². The second-order valence-electron chi connectivity index (χ2n) is 38.8. The topological polar surface area (TPSA) is 203 Å². The number of aliphatic hydroxyl groups excluding tert-OH is 2. The number of hydrogen-bond acceptors (Lipinski definition) is 15. The summed E-state index contributed by atoms with van der Waals surface area (Å²) in [6, 6.07) is 54.4. The van der Waals surface area contributed by atoms with Crippen LogP contribution in [0.25, 0.3) is 5.76 Å². The van der Waals surface area contributed by atoms with E-state index in [1.807, 2.05) is 99.6 Å². The number of allylic oxidation sites excluding steroid dienone is 8. The molecule has 134 heavy (non-hydrogen) atoms. The van der Waals surface area contributed by atoms with E-state index in [9.17, 15) is 34.5 Å². The highest BCUT2D eigenvalue weighted by Gasteiger charge is 2.47. The normalized spacial score (nSPS) is 19.3. The molecule has 712 valence electrons. The third kappa shape index (κ3) is 25.9. The average molecular weight is 1820 g/mol. The van der Waals surface area contributed by atoms with E-state index in [1.54, 1.807) is 87.0 Å². The molecular weight excluding hydrogens is 1670 g/mol. The highest BCUT2D eigenvalue weighted by molar-refractivity contribution is 5.94. The lowest BCUT2D eigenvalue weighted by Gasteiger charge is -2.44. The van der Waals surface area contributed by atoms with Crippen molar-refractivity contribution in [2.75, 3.05) is 34.0 Å². The van der Waals surface area contributed by atoms with Crippen molar-refractivity contribution in [3.8, 4) is 40.2 Å². The number of benzene rings is 9. The maximum atomic E-state index is 13.5. The highest BCUT2D eigenvalue weighted by atomic mass is 16.7. The molecule has 0 saturated carbocycles. The molecule has 13 atom stereocenters. The molecule has 4 aliphatic carbocycles. The van der Waals surface area contributed by atoms with Gasteiger partial charge in [-0.15, -0.1) is 0 Å². The van der Waals surface area contributed by atoms with Crippen molar-refractivity contribution in [2.45, 2.75) is 274 Å². The Hall–Kier alpha value is -11.5. The number of fused-ring (bicyclic) bond motifs is 3. The van der Waals surface area contributed by atoms with Crippen LogP contribution in [-0.4, -0.2) is 79.5 Å².